The fourth-order valence-electron chi connectivity index (χ4n) is 5.05. The van der Waals surface area contributed by atoms with Gasteiger partial charge in [0.2, 0.25) is 5.95 Å². The predicted molar refractivity (Wildman–Crippen MR) is 117 cm³/mol. The summed E-state index contributed by atoms with van der Waals surface area (Å²) in [7, 11) is 0. The number of nitrogens with one attached hydrogen (secondary N) is 1. The van der Waals surface area contributed by atoms with Crippen LogP contribution in [0.3, 0.4) is 0 Å². The van der Waals surface area contributed by atoms with Gasteiger partial charge in [-0.3, -0.25) is 0 Å². The molecule has 2 aliphatic heterocycles. The van der Waals surface area contributed by atoms with Gasteiger partial charge in [-0.15, -0.1) is 0 Å². The van der Waals surface area contributed by atoms with Gasteiger partial charge in [0.15, 0.2) is 11.5 Å². The molecule has 2 aromatic heterocycles. The van der Waals surface area contributed by atoms with Gasteiger partial charge >= 0.3 is 0 Å². The van der Waals surface area contributed by atoms with E-state index in [0.717, 1.165) is 56.7 Å². The van der Waals surface area contributed by atoms with E-state index in [1.807, 2.05) is 0 Å². The molecule has 2 aliphatic rings. The van der Waals surface area contributed by atoms with Crippen LogP contribution in [-0.4, -0.2) is 68.3 Å². The van der Waals surface area contributed by atoms with E-state index in [4.69, 9.17) is 5.73 Å². The van der Waals surface area contributed by atoms with Gasteiger partial charge in [0.05, 0.1) is 11.9 Å². The van der Waals surface area contributed by atoms with Crippen molar-refractivity contribution in [1.29, 1.82) is 0 Å². The Morgan fingerprint density at radius 1 is 1.13 bits per heavy atom. The van der Waals surface area contributed by atoms with Crippen LogP contribution in [0.25, 0.3) is 11.2 Å². The molecule has 0 spiro atoms. The number of aromatic amines is 1. The Morgan fingerprint density at radius 2 is 1.93 bits per heavy atom. The molecule has 3 aromatic rings. The van der Waals surface area contributed by atoms with Crippen LogP contribution < -0.4 is 10.6 Å². The number of nitrogen functional groups attached to an aromatic ring is 1. The van der Waals surface area contributed by atoms with Gasteiger partial charge in [0, 0.05) is 19.6 Å². The number of imidazole rings is 1. The lowest BCUT2D eigenvalue weighted by atomic mass is 9.87. The molecule has 5 rings (SSSR count). The normalized spacial score (nSPS) is 23.8. The maximum absolute atomic E-state index is 11.4. The largest absolute Gasteiger partial charge is 0.387 e. The molecular formula is C22H29N7O. The Morgan fingerprint density at radius 3 is 2.73 bits per heavy atom. The Bertz CT molecular complexity index is 999. The van der Waals surface area contributed by atoms with Crippen molar-refractivity contribution in [3.05, 3.63) is 42.2 Å². The van der Waals surface area contributed by atoms with Gasteiger partial charge in [0.1, 0.15) is 5.52 Å². The second-order valence-electron chi connectivity index (χ2n) is 8.72. The van der Waals surface area contributed by atoms with Gasteiger partial charge in [-0.1, -0.05) is 30.3 Å². The van der Waals surface area contributed by atoms with Gasteiger partial charge in [-0.05, 0) is 50.3 Å². The Kier molecular flexibility index (Phi) is 5.04. The number of hydrogen-bond acceptors (Lipinski definition) is 7. The molecule has 4 N–H and O–H groups in total. The van der Waals surface area contributed by atoms with Crippen LogP contribution in [0.2, 0.25) is 0 Å². The molecule has 1 unspecified atom stereocenters. The smallest absolute Gasteiger partial charge is 0.224 e. The van der Waals surface area contributed by atoms with Crippen LogP contribution in [-0.2, 0) is 0 Å². The first-order valence-corrected chi connectivity index (χ1v) is 10.8. The summed E-state index contributed by atoms with van der Waals surface area (Å²) >= 11 is 0. The summed E-state index contributed by atoms with van der Waals surface area (Å²) in [4.78, 5) is 20.5. The number of hydrogen-bond donors (Lipinski definition) is 3. The summed E-state index contributed by atoms with van der Waals surface area (Å²) < 4.78 is 0. The van der Waals surface area contributed by atoms with E-state index in [0.29, 0.717) is 24.7 Å². The number of aromatic nitrogens is 4. The van der Waals surface area contributed by atoms with E-state index in [9.17, 15) is 5.11 Å². The monoisotopic (exact) mass is 407 g/mol. The quantitative estimate of drug-likeness (QED) is 0.608. The van der Waals surface area contributed by atoms with Crippen molar-refractivity contribution in [2.75, 3.05) is 43.4 Å². The maximum Gasteiger partial charge on any atom is 0.224 e. The van der Waals surface area contributed by atoms with E-state index in [-0.39, 0.29) is 5.95 Å². The van der Waals surface area contributed by atoms with Gasteiger partial charge in [0.25, 0.3) is 0 Å². The lowest BCUT2D eigenvalue weighted by Gasteiger charge is -2.43. The highest BCUT2D eigenvalue weighted by Crippen LogP contribution is 2.32. The van der Waals surface area contributed by atoms with Crippen molar-refractivity contribution >= 4 is 22.9 Å². The van der Waals surface area contributed by atoms with Crippen LogP contribution in [0.1, 0.15) is 37.2 Å². The third-order valence-corrected chi connectivity index (χ3v) is 6.52. The molecule has 0 radical (unpaired) electrons. The minimum Gasteiger partial charge on any atom is -0.387 e. The molecule has 2 saturated heterocycles. The molecule has 8 heteroatoms. The van der Waals surface area contributed by atoms with Crippen LogP contribution in [0.15, 0.2) is 36.7 Å². The summed E-state index contributed by atoms with van der Waals surface area (Å²) in [6.45, 7) is 4.11. The summed E-state index contributed by atoms with van der Waals surface area (Å²) in [5.41, 5.74) is 7.91. The second-order valence-corrected chi connectivity index (χ2v) is 8.72. The molecule has 0 amide bonds. The second kappa shape index (κ2) is 7.85. The Hall–Kier alpha value is -2.71. The maximum atomic E-state index is 11.4. The first-order valence-electron chi connectivity index (χ1n) is 10.8. The highest BCUT2D eigenvalue weighted by atomic mass is 16.3. The highest BCUT2D eigenvalue weighted by Gasteiger charge is 2.37. The van der Waals surface area contributed by atoms with Crippen LogP contribution in [0.4, 0.5) is 11.8 Å². The molecule has 158 valence electrons. The molecule has 1 aromatic carbocycles. The van der Waals surface area contributed by atoms with Crippen molar-refractivity contribution in [2.24, 2.45) is 0 Å². The third-order valence-electron chi connectivity index (χ3n) is 6.52. The summed E-state index contributed by atoms with van der Waals surface area (Å²) in [6.07, 6.45) is 5.60. The van der Waals surface area contributed by atoms with Crippen LogP contribution in [0, 0.1) is 0 Å². The minimum atomic E-state index is -0.760. The number of β-amino-alcohol motifs (C(OH)–C–C–N with tert-alkyl or cyclic N) is 1. The lowest BCUT2D eigenvalue weighted by molar-refractivity contribution is -0.0131. The predicted octanol–water partition coefficient (Wildman–Crippen LogP) is 2.15. The number of benzene rings is 1. The standard InChI is InChI=1S/C22H29N7O/c23-21-26-19-18(24-15-25-19)20(27-21)29-10-4-9-22(30,14-29)13-28-11-7-17(8-12-28)16-5-2-1-3-6-16/h1-3,5-6,15,17,30H,4,7-14H2,(H3,23,24,25,26,27). The molecule has 0 bridgehead atoms. The van der Waals surface area contributed by atoms with E-state index in [2.05, 4.69) is 60.1 Å². The zero-order valence-electron chi connectivity index (χ0n) is 17.2. The average Bonchev–Trinajstić information content (AvgIpc) is 3.22. The number of fused-ring (bicyclic) bond motifs is 1. The van der Waals surface area contributed by atoms with Gasteiger partial charge < -0.3 is 25.6 Å². The first kappa shape index (κ1) is 19.3. The van der Waals surface area contributed by atoms with Gasteiger partial charge in [-0.25, -0.2) is 4.98 Å². The average molecular weight is 408 g/mol. The van der Waals surface area contributed by atoms with Gasteiger partial charge in [-0.2, -0.15) is 9.97 Å². The summed E-state index contributed by atoms with van der Waals surface area (Å²) in [5.74, 6) is 1.57. The number of nitrogens with two attached hydrogens (primary N) is 1. The summed E-state index contributed by atoms with van der Waals surface area (Å²) in [6, 6.07) is 10.8. The molecule has 8 nitrogen and oxygen atoms in total. The number of likely N-dealkylation sites (tertiary alicyclic amines) is 1. The number of piperidine rings is 2. The molecular weight excluding hydrogens is 378 g/mol. The Labute approximate surface area is 176 Å². The van der Waals surface area contributed by atoms with E-state index in [1.165, 1.54) is 5.56 Å². The molecule has 4 heterocycles. The fourth-order valence-corrected chi connectivity index (χ4v) is 5.05. The van der Waals surface area contributed by atoms with Crippen LogP contribution >= 0.6 is 0 Å². The zero-order valence-corrected chi connectivity index (χ0v) is 17.2. The fraction of sp³-hybridized carbons (Fsp3) is 0.500. The van der Waals surface area contributed by atoms with Crippen molar-refractivity contribution in [3.8, 4) is 0 Å². The van der Waals surface area contributed by atoms with Crippen LogP contribution in [0.5, 0.6) is 0 Å². The third kappa shape index (κ3) is 3.85. The first-order chi connectivity index (χ1) is 14.6. The number of H-pyrrole nitrogens is 1. The van der Waals surface area contributed by atoms with Crippen molar-refractivity contribution < 1.29 is 5.11 Å². The van der Waals surface area contributed by atoms with Crippen molar-refractivity contribution in [1.82, 2.24) is 24.8 Å². The number of rotatable bonds is 4. The molecule has 0 aliphatic carbocycles. The molecule has 0 saturated carbocycles. The summed E-state index contributed by atoms with van der Waals surface area (Å²) in [5, 5.41) is 11.4. The SMILES string of the molecule is Nc1nc(N2CCCC(O)(CN3CCC(c4ccccc4)CC3)C2)c2[nH]cnc2n1. The number of aliphatic hydroxyl groups is 1. The molecule has 30 heavy (non-hydrogen) atoms. The molecule has 1 atom stereocenters. The number of anilines is 2. The zero-order chi connectivity index (χ0) is 20.6. The number of nitrogens with zero attached hydrogens (tertiary/aromatic N) is 5. The minimum absolute atomic E-state index is 0.210. The van der Waals surface area contributed by atoms with E-state index in [1.54, 1.807) is 6.33 Å². The molecule has 2 fully saturated rings. The lowest BCUT2D eigenvalue weighted by Crippen LogP contribution is -2.55. The Balaban J connectivity index is 1.26. The highest BCUT2D eigenvalue weighted by molar-refractivity contribution is 5.84. The van der Waals surface area contributed by atoms with Crippen molar-refractivity contribution in [3.63, 3.8) is 0 Å². The van der Waals surface area contributed by atoms with E-state index >= 15 is 0 Å². The van der Waals surface area contributed by atoms with E-state index < -0.39 is 5.60 Å². The topological polar surface area (TPSA) is 107 Å². The van der Waals surface area contributed by atoms with Crippen molar-refractivity contribution in [2.45, 2.75) is 37.2 Å².